The van der Waals surface area contributed by atoms with Gasteiger partial charge in [-0.3, -0.25) is 24.3 Å². The molecule has 2 heterocycles. The summed E-state index contributed by atoms with van der Waals surface area (Å²) in [5.41, 5.74) is 1.87. The molecule has 31 heavy (non-hydrogen) atoms. The zero-order valence-corrected chi connectivity index (χ0v) is 17.4. The second-order valence-corrected chi connectivity index (χ2v) is 8.48. The van der Waals surface area contributed by atoms with E-state index in [0.717, 1.165) is 32.9 Å². The zero-order valence-electron chi connectivity index (χ0n) is 16.6. The lowest BCUT2D eigenvalue weighted by Crippen LogP contribution is -2.40. The average Bonchev–Trinajstić information content (AvgIpc) is 2.80. The molecule has 1 aliphatic rings. The molecule has 2 amide bonds. The second kappa shape index (κ2) is 7.96. The first-order valence-electron chi connectivity index (χ1n) is 10.1. The highest BCUT2D eigenvalue weighted by atomic mass is 32.2. The summed E-state index contributed by atoms with van der Waals surface area (Å²) < 4.78 is 0. The summed E-state index contributed by atoms with van der Waals surface area (Å²) in [7, 11) is 0. The number of para-hydroxylation sites is 1. The van der Waals surface area contributed by atoms with E-state index in [1.807, 2.05) is 54.6 Å². The Morgan fingerprint density at radius 1 is 0.839 bits per heavy atom. The molecule has 0 radical (unpaired) electrons. The standard InChI is InChI=1S/C25H18N2O3S/c28-21(31-20-12-3-8-17-9-4-14-26-23(17)20)13-5-15-27-24(29)18-10-1-6-16-7-2-11-19(22(16)18)25(27)30/h1-4,6-12,14H,5,13,15H2. The Labute approximate surface area is 183 Å². The summed E-state index contributed by atoms with van der Waals surface area (Å²) in [5, 5.41) is 2.56. The van der Waals surface area contributed by atoms with E-state index in [4.69, 9.17) is 0 Å². The molecule has 0 atom stereocenters. The van der Waals surface area contributed by atoms with Crippen LogP contribution in [0, 0.1) is 0 Å². The summed E-state index contributed by atoms with van der Waals surface area (Å²) in [6.07, 6.45) is 2.39. The number of rotatable bonds is 5. The maximum Gasteiger partial charge on any atom is 0.261 e. The molecule has 0 aliphatic carbocycles. The third kappa shape index (κ3) is 3.49. The van der Waals surface area contributed by atoms with Gasteiger partial charge in [-0.25, -0.2) is 0 Å². The van der Waals surface area contributed by atoms with Crippen LogP contribution in [0.2, 0.25) is 0 Å². The number of pyridine rings is 1. The SMILES string of the molecule is O=C(CCCN1C(=O)c2cccc3cccc(c23)C1=O)Sc1cccc2cccnc12. The van der Waals surface area contributed by atoms with Gasteiger partial charge in [-0.15, -0.1) is 0 Å². The smallest absolute Gasteiger partial charge is 0.261 e. The summed E-state index contributed by atoms with van der Waals surface area (Å²) in [4.78, 5) is 44.9. The van der Waals surface area contributed by atoms with Crippen molar-refractivity contribution in [1.29, 1.82) is 0 Å². The molecule has 6 heteroatoms. The highest BCUT2D eigenvalue weighted by Crippen LogP contribution is 2.31. The van der Waals surface area contributed by atoms with Crippen LogP contribution in [0.15, 0.2) is 77.8 Å². The first kappa shape index (κ1) is 19.5. The van der Waals surface area contributed by atoms with E-state index in [1.54, 1.807) is 18.3 Å². The van der Waals surface area contributed by atoms with Gasteiger partial charge in [0.25, 0.3) is 11.8 Å². The number of thioether (sulfide) groups is 1. The highest BCUT2D eigenvalue weighted by Gasteiger charge is 2.32. The van der Waals surface area contributed by atoms with Gasteiger partial charge in [0, 0.05) is 46.0 Å². The van der Waals surface area contributed by atoms with Crippen LogP contribution in [0.4, 0.5) is 0 Å². The van der Waals surface area contributed by atoms with Gasteiger partial charge in [-0.2, -0.15) is 0 Å². The normalized spacial score (nSPS) is 13.2. The lowest BCUT2D eigenvalue weighted by Gasteiger charge is -2.27. The molecule has 0 unspecified atom stereocenters. The van der Waals surface area contributed by atoms with Gasteiger partial charge in [0.1, 0.15) is 0 Å². The lowest BCUT2D eigenvalue weighted by molar-refractivity contribution is -0.111. The van der Waals surface area contributed by atoms with Crippen molar-refractivity contribution < 1.29 is 14.4 Å². The predicted octanol–water partition coefficient (Wildman–Crippen LogP) is 5.08. The summed E-state index contributed by atoms with van der Waals surface area (Å²) >= 11 is 1.16. The zero-order chi connectivity index (χ0) is 21.4. The van der Waals surface area contributed by atoms with Crippen LogP contribution in [-0.2, 0) is 4.79 Å². The largest absolute Gasteiger partial charge is 0.287 e. The van der Waals surface area contributed by atoms with E-state index >= 15 is 0 Å². The Morgan fingerprint density at radius 2 is 1.48 bits per heavy atom. The summed E-state index contributed by atoms with van der Waals surface area (Å²) in [6, 6.07) is 20.5. The van der Waals surface area contributed by atoms with E-state index in [0.29, 0.717) is 22.9 Å². The van der Waals surface area contributed by atoms with E-state index in [9.17, 15) is 14.4 Å². The molecule has 0 saturated heterocycles. The molecule has 3 aromatic carbocycles. The van der Waals surface area contributed by atoms with Crippen LogP contribution < -0.4 is 0 Å². The molecule has 1 aromatic heterocycles. The number of amides is 2. The Morgan fingerprint density at radius 3 is 2.23 bits per heavy atom. The maximum atomic E-state index is 12.9. The first-order chi connectivity index (χ1) is 15.1. The van der Waals surface area contributed by atoms with Gasteiger partial charge in [-0.05, 0) is 47.8 Å². The second-order valence-electron chi connectivity index (χ2n) is 7.38. The highest BCUT2D eigenvalue weighted by molar-refractivity contribution is 8.13. The van der Waals surface area contributed by atoms with E-state index in [-0.39, 0.29) is 29.9 Å². The maximum absolute atomic E-state index is 12.9. The fourth-order valence-corrected chi connectivity index (χ4v) is 4.90. The van der Waals surface area contributed by atoms with Crippen molar-refractivity contribution in [3.05, 3.63) is 84.1 Å². The van der Waals surface area contributed by atoms with Gasteiger partial charge < -0.3 is 0 Å². The van der Waals surface area contributed by atoms with Crippen LogP contribution in [0.25, 0.3) is 21.7 Å². The fourth-order valence-electron chi connectivity index (χ4n) is 4.00. The summed E-state index contributed by atoms with van der Waals surface area (Å²) in [5.74, 6) is -0.597. The van der Waals surface area contributed by atoms with Gasteiger partial charge in [0.2, 0.25) is 0 Å². The van der Waals surface area contributed by atoms with Gasteiger partial charge in [0.05, 0.1) is 5.52 Å². The average molecular weight is 426 g/mol. The summed E-state index contributed by atoms with van der Waals surface area (Å²) in [6.45, 7) is 0.211. The van der Waals surface area contributed by atoms with E-state index in [2.05, 4.69) is 4.98 Å². The number of carbonyl (C=O) groups is 3. The number of fused-ring (bicyclic) bond motifs is 1. The minimum absolute atomic E-state index is 0.0161. The number of benzene rings is 3. The Balaban J connectivity index is 1.28. The minimum atomic E-state index is -0.298. The third-order valence-corrected chi connectivity index (χ3v) is 6.42. The van der Waals surface area contributed by atoms with Crippen LogP contribution in [0.3, 0.4) is 0 Å². The van der Waals surface area contributed by atoms with Gasteiger partial charge in [-0.1, -0.05) is 42.5 Å². The molecule has 0 spiro atoms. The van der Waals surface area contributed by atoms with E-state index in [1.165, 1.54) is 4.90 Å². The molecular formula is C25H18N2O3S. The Bertz CT molecular complexity index is 1310. The van der Waals surface area contributed by atoms with Gasteiger partial charge in [0.15, 0.2) is 5.12 Å². The Kier molecular flexibility index (Phi) is 5.00. The molecule has 1 aliphatic heterocycles. The number of aromatic nitrogens is 1. The van der Waals surface area contributed by atoms with Crippen LogP contribution >= 0.6 is 11.8 Å². The van der Waals surface area contributed by atoms with Crippen molar-refractivity contribution in [3.8, 4) is 0 Å². The van der Waals surface area contributed by atoms with Crippen molar-refractivity contribution in [2.24, 2.45) is 0 Å². The lowest BCUT2D eigenvalue weighted by atomic mass is 9.94. The molecule has 5 nitrogen and oxygen atoms in total. The van der Waals surface area contributed by atoms with Crippen LogP contribution in [-0.4, -0.2) is 33.4 Å². The minimum Gasteiger partial charge on any atom is -0.287 e. The topological polar surface area (TPSA) is 67.3 Å². The third-order valence-electron chi connectivity index (χ3n) is 5.44. The number of carbonyl (C=O) groups excluding carboxylic acids is 3. The number of hydrogen-bond donors (Lipinski definition) is 0. The molecular weight excluding hydrogens is 408 g/mol. The van der Waals surface area contributed by atoms with Crippen molar-refractivity contribution in [2.75, 3.05) is 6.54 Å². The Hall–Kier alpha value is -3.51. The number of hydrogen-bond acceptors (Lipinski definition) is 5. The van der Waals surface area contributed by atoms with Crippen molar-refractivity contribution in [2.45, 2.75) is 17.7 Å². The van der Waals surface area contributed by atoms with Crippen LogP contribution in [0.1, 0.15) is 33.6 Å². The number of nitrogens with zero attached hydrogens (tertiary/aromatic N) is 2. The molecule has 0 bridgehead atoms. The monoisotopic (exact) mass is 426 g/mol. The molecule has 152 valence electrons. The fraction of sp³-hybridized carbons (Fsp3) is 0.120. The quantitative estimate of drug-likeness (QED) is 0.329. The number of imide groups is 1. The molecule has 0 fully saturated rings. The predicted molar refractivity (Wildman–Crippen MR) is 121 cm³/mol. The molecule has 0 N–H and O–H groups in total. The van der Waals surface area contributed by atoms with Gasteiger partial charge >= 0.3 is 0 Å². The molecule has 5 rings (SSSR count). The van der Waals surface area contributed by atoms with Crippen LogP contribution in [0.5, 0.6) is 0 Å². The van der Waals surface area contributed by atoms with Crippen molar-refractivity contribution in [3.63, 3.8) is 0 Å². The van der Waals surface area contributed by atoms with Crippen molar-refractivity contribution in [1.82, 2.24) is 9.88 Å². The molecule has 4 aromatic rings. The van der Waals surface area contributed by atoms with E-state index < -0.39 is 0 Å². The van der Waals surface area contributed by atoms with Crippen molar-refractivity contribution >= 4 is 50.4 Å². The molecule has 0 saturated carbocycles. The first-order valence-corrected chi connectivity index (χ1v) is 10.9.